The molecule has 1 aliphatic heterocycles. The number of carbonyl (C=O) groups is 1. The zero-order valence-corrected chi connectivity index (χ0v) is 17.2. The minimum Gasteiger partial charge on any atom is -0.465 e. The van der Waals surface area contributed by atoms with E-state index in [0.29, 0.717) is 0 Å². The van der Waals surface area contributed by atoms with Crippen LogP contribution in [-0.2, 0) is 5.54 Å². The summed E-state index contributed by atoms with van der Waals surface area (Å²) in [6, 6.07) is 20.2. The number of hydrogen-bond donors (Lipinski definition) is 3. The number of nitrogens with one attached hydrogen (secondary N) is 2. The highest BCUT2D eigenvalue weighted by Gasteiger charge is 2.40. The highest BCUT2D eigenvalue weighted by Crippen LogP contribution is 2.43. The quantitative estimate of drug-likeness (QED) is 0.366. The van der Waals surface area contributed by atoms with Crippen molar-refractivity contribution in [3.8, 4) is 28.3 Å². The molecular formula is C25H21N5O2. The number of pyridine rings is 1. The number of fused-ring (bicyclic) bond motifs is 5. The largest absolute Gasteiger partial charge is 0.465 e. The Hall–Kier alpha value is -4.13. The van der Waals surface area contributed by atoms with Gasteiger partial charge in [0.05, 0.1) is 28.8 Å². The van der Waals surface area contributed by atoms with Crippen LogP contribution >= 0.6 is 0 Å². The van der Waals surface area contributed by atoms with Crippen molar-refractivity contribution in [1.29, 1.82) is 0 Å². The Labute approximate surface area is 184 Å². The number of para-hydroxylation sites is 1. The predicted octanol–water partition coefficient (Wildman–Crippen LogP) is 5.31. The van der Waals surface area contributed by atoms with Crippen molar-refractivity contribution < 1.29 is 9.90 Å². The number of carboxylic acid groups (broad SMARTS) is 1. The van der Waals surface area contributed by atoms with Gasteiger partial charge in [0.2, 0.25) is 0 Å². The number of nitrogens with zero attached hydrogens (tertiary/aromatic N) is 3. The van der Waals surface area contributed by atoms with Crippen LogP contribution in [0.5, 0.6) is 0 Å². The average molecular weight is 423 g/mol. The maximum atomic E-state index is 11.3. The Balaban J connectivity index is 1.48. The van der Waals surface area contributed by atoms with Crippen LogP contribution in [0.3, 0.4) is 0 Å². The van der Waals surface area contributed by atoms with Crippen molar-refractivity contribution in [2.24, 2.45) is 0 Å². The Morgan fingerprint density at radius 2 is 1.84 bits per heavy atom. The SMILES string of the molecule is O=C(O)NC1(c2ccc(-c3cnc4n3-c3cccnc3Nc3ccccc3-4)cc2)CCC1. The molecular weight excluding hydrogens is 402 g/mol. The van der Waals surface area contributed by atoms with Crippen LogP contribution in [0, 0.1) is 0 Å². The van der Waals surface area contributed by atoms with Gasteiger partial charge in [0.25, 0.3) is 0 Å². The fraction of sp³-hybridized carbons (Fsp3) is 0.160. The van der Waals surface area contributed by atoms with E-state index in [1.165, 1.54) is 0 Å². The van der Waals surface area contributed by atoms with Crippen molar-refractivity contribution in [2.75, 3.05) is 5.32 Å². The van der Waals surface area contributed by atoms with E-state index < -0.39 is 11.6 Å². The molecule has 7 heteroatoms. The summed E-state index contributed by atoms with van der Waals surface area (Å²) in [5, 5.41) is 15.4. The van der Waals surface area contributed by atoms with Gasteiger partial charge in [-0.1, -0.05) is 36.4 Å². The summed E-state index contributed by atoms with van der Waals surface area (Å²) in [7, 11) is 0. The van der Waals surface area contributed by atoms with Gasteiger partial charge >= 0.3 is 6.09 Å². The van der Waals surface area contributed by atoms with Crippen LogP contribution in [-0.4, -0.2) is 25.7 Å². The van der Waals surface area contributed by atoms with Gasteiger partial charge in [-0.25, -0.2) is 14.8 Å². The van der Waals surface area contributed by atoms with E-state index in [1.54, 1.807) is 6.20 Å². The summed E-state index contributed by atoms with van der Waals surface area (Å²) in [4.78, 5) is 20.6. The molecule has 1 fully saturated rings. The molecule has 1 aliphatic carbocycles. The van der Waals surface area contributed by atoms with E-state index in [9.17, 15) is 9.90 Å². The highest BCUT2D eigenvalue weighted by atomic mass is 16.4. The normalized spacial score (nSPS) is 15.2. The maximum Gasteiger partial charge on any atom is 0.405 e. The first kappa shape index (κ1) is 18.6. The number of imidazole rings is 1. The lowest BCUT2D eigenvalue weighted by molar-refractivity contribution is 0.144. The van der Waals surface area contributed by atoms with Crippen LogP contribution in [0.1, 0.15) is 24.8 Å². The summed E-state index contributed by atoms with van der Waals surface area (Å²) in [6.07, 6.45) is 5.35. The summed E-state index contributed by atoms with van der Waals surface area (Å²) in [5.41, 5.74) is 5.38. The lowest BCUT2D eigenvalue weighted by atomic mass is 9.72. The van der Waals surface area contributed by atoms with Gasteiger partial charge in [-0.15, -0.1) is 0 Å². The monoisotopic (exact) mass is 423 g/mol. The van der Waals surface area contributed by atoms with Crippen molar-refractivity contribution in [3.63, 3.8) is 0 Å². The molecule has 7 nitrogen and oxygen atoms in total. The minimum atomic E-state index is -0.981. The molecule has 0 saturated heterocycles. The third-order valence-corrected chi connectivity index (χ3v) is 6.50. The molecule has 0 bridgehead atoms. The number of anilines is 2. The smallest absolute Gasteiger partial charge is 0.405 e. The lowest BCUT2D eigenvalue weighted by Gasteiger charge is -2.42. The average Bonchev–Trinajstić information content (AvgIpc) is 3.16. The molecule has 3 N–H and O–H groups in total. The van der Waals surface area contributed by atoms with Crippen molar-refractivity contribution in [1.82, 2.24) is 19.9 Å². The molecule has 0 atom stereocenters. The van der Waals surface area contributed by atoms with Crippen molar-refractivity contribution >= 4 is 17.6 Å². The molecule has 1 saturated carbocycles. The zero-order valence-electron chi connectivity index (χ0n) is 17.2. The number of benzene rings is 2. The van der Waals surface area contributed by atoms with Gasteiger partial charge in [0.15, 0.2) is 5.82 Å². The van der Waals surface area contributed by atoms with Crippen LogP contribution < -0.4 is 10.6 Å². The Bertz CT molecular complexity index is 1340. The number of hydrogen-bond acceptors (Lipinski definition) is 4. The topological polar surface area (TPSA) is 92.1 Å². The first-order chi connectivity index (χ1) is 15.6. The minimum absolute atomic E-state index is 0.474. The molecule has 2 aliphatic rings. The van der Waals surface area contributed by atoms with Crippen LogP contribution in [0.2, 0.25) is 0 Å². The van der Waals surface area contributed by atoms with Gasteiger partial charge < -0.3 is 15.7 Å². The van der Waals surface area contributed by atoms with Crippen LogP contribution in [0.4, 0.5) is 16.3 Å². The first-order valence-electron chi connectivity index (χ1n) is 10.7. The van der Waals surface area contributed by atoms with Crippen molar-refractivity contribution in [2.45, 2.75) is 24.8 Å². The number of rotatable bonds is 3. The van der Waals surface area contributed by atoms with Crippen LogP contribution in [0.15, 0.2) is 73.1 Å². The standard InChI is InChI=1S/C25H21N5O2/c31-24(32)29-25(12-4-13-25)17-10-8-16(9-11-17)21-15-27-23-18-5-1-2-6-19(18)28-22-20(30(21)23)7-3-14-26-22/h1-3,5-11,14-15,29H,4,12-13H2,(H,26,28)(H,31,32). The summed E-state index contributed by atoms with van der Waals surface area (Å²) in [5.74, 6) is 1.62. The van der Waals surface area contributed by atoms with E-state index in [-0.39, 0.29) is 0 Å². The Morgan fingerprint density at radius 1 is 1.03 bits per heavy atom. The van der Waals surface area contributed by atoms with E-state index >= 15 is 0 Å². The second-order valence-corrected chi connectivity index (χ2v) is 8.29. The van der Waals surface area contributed by atoms with Crippen molar-refractivity contribution in [3.05, 3.63) is 78.6 Å². The van der Waals surface area contributed by atoms with Gasteiger partial charge in [0.1, 0.15) is 5.82 Å². The molecule has 0 radical (unpaired) electrons. The molecule has 4 aromatic rings. The fourth-order valence-electron chi connectivity index (χ4n) is 4.76. The molecule has 6 rings (SSSR count). The van der Waals surface area contributed by atoms with E-state index in [1.807, 2.05) is 60.8 Å². The summed E-state index contributed by atoms with van der Waals surface area (Å²) >= 11 is 0. The fourth-order valence-corrected chi connectivity index (χ4v) is 4.76. The Morgan fingerprint density at radius 3 is 2.59 bits per heavy atom. The summed E-state index contributed by atoms with van der Waals surface area (Å²) < 4.78 is 2.13. The molecule has 2 aromatic heterocycles. The number of amides is 1. The Kier molecular flexibility index (Phi) is 4.04. The second kappa shape index (κ2) is 6.95. The zero-order chi connectivity index (χ0) is 21.7. The molecule has 0 spiro atoms. The molecule has 32 heavy (non-hydrogen) atoms. The molecule has 158 valence electrons. The molecule has 2 aromatic carbocycles. The molecule has 1 amide bonds. The van der Waals surface area contributed by atoms with Crippen LogP contribution in [0.25, 0.3) is 28.3 Å². The second-order valence-electron chi connectivity index (χ2n) is 8.29. The lowest BCUT2D eigenvalue weighted by Crippen LogP contribution is -2.50. The van der Waals surface area contributed by atoms with Gasteiger partial charge in [-0.05, 0) is 49.1 Å². The predicted molar refractivity (Wildman–Crippen MR) is 122 cm³/mol. The van der Waals surface area contributed by atoms with E-state index in [0.717, 1.165) is 64.7 Å². The molecule has 0 unspecified atom stereocenters. The van der Waals surface area contributed by atoms with E-state index in [2.05, 4.69) is 26.3 Å². The third kappa shape index (κ3) is 2.78. The van der Waals surface area contributed by atoms with Gasteiger partial charge in [0, 0.05) is 17.3 Å². The van der Waals surface area contributed by atoms with Gasteiger partial charge in [-0.2, -0.15) is 0 Å². The summed E-state index contributed by atoms with van der Waals surface area (Å²) in [6.45, 7) is 0. The van der Waals surface area contributed by atoms with E-state index in [4.69, 9.17) is 4.98 Å². The number of aromatic nitrogens is 3. The van der Waals surface area contributed by atoms with Gasteiger partial charge in [-0.3, -0.25) is 4.57 Å². The first-order valence-corrected chi connectivity index (χ1v) is 10.7. The third-order valence-electron chi connectivity index (χ3n) is 6.50. The maximum absolute atomic E-state index is 11.3. The molecule has 3 heterocycles. The highest BCUT2D eigenvalue weighted by molar-refractivity contribution is 5.85.